The highest BCUT2D eigenvalue weighted by Crippen LogP contribution is 2.30. The maximum absolute atomic E-state index is 12.8. The Morgan fingerprint density at radius 1 is 1.21 bits per heavy atom. The lowest BCUT2D eigenvalue weighted by molar-refractivity contribution is -0.137. The van der Waals surface area contributed by atoms with Gasteiger partial charge in [0.2, 0.25) is 5.88 Å². The Hall–Kier alpha value is -2.71. The monoisotopic (exact) mass is 443 g/mol. The van der Waals surface area contributed by atoms with Gasteiger partial charge in [0.15, 0.2) is 0 Å². The third kappa shape index (κ3) is 5.21. The zero-order valence-electron chi connectivity index (χ0n) is 14.9. The molecule has 0 radical (unpaired) electrons. The molecule has 0 atom stereocenters. The molecule has 29 heavy (non-hydrogen) atoms. The molecule has 1 N–H and O–H groups in total. The Bertz CT molecular complexity index is 1050. The van der Waals surface area contributed by atoms with Gasteiger partial charge in [0.05, 0.1) is 16.3 Å². The fourth-order valence-electron chi connectivity index (χ4n) is 2.50. The first-order chi connectivity index (χ1) is 13.6. The quantitative estimate of drug-likeness (QED) is 0.560. The zero-order chi connectivity index (χ0) is 21.2. The van der Waals surface area contributed by atoms with Crippen molar-refractivity contribution in [3.63, 3.8) is 0 Å². The van der Waals surface area contributed by atoms with E-state index in [4.69, 9.17) is 27.9 Å². The molecule has 0 unspecified atom stereocenters. The predicted octanol–water partition coefficient (Wildman–Crippen LogP) is 5.58. The lowest BCUT2D eigenvalue weighted by atomic mass is 10.1. The van der Waals surface area contributed by atoms with Crippen LogP contribution in [0.3, 0.4) is 0 Å². The Kier molecular flexibility index (Phi) is 6.04. The van der Waals surface area contributed by atoms with E-state index < -0.39 is 17.6 Å². The topological polar surface area (TPSA) is 56.2 Å². The van der Waals surface area contributed by atoms with Gasteiger partial charge in [-0.15, -0.1) is 5.10 Å². The van der Waals surface area contributed by atoms with Gasteiger partial charge in [-0.2, -0.15) is 13.2 Å². The molecule has 0 fully saturated rings. The van der Waals surface area contributed by atoms with E-state index in [0.717, 1.165) is 12.1 Å². The van der Waals surface area contributed by atoms with Crippen molar-refractivity contribution in [3.05, 3.63) is 75.4 Å². The van der Waals surface area contributed by atoms with Gasteiger partial charge in [-0.3, -0.25) is 9.48 Å². The number of aryl methyl sites for hydroxylation is 1. The summed E-state index contributed by atoms with van der Waals surface area (Å²) in [6, 6.07) is 9.32. The number of rotatable bonds is 5. The van der Waals surface area contributed by atoms with Gasteiger partial charge >= 0.3 is 6.18 Å². The normalized spacial score (nSPS) is 11.4. The van der Waals surface area contributed by atoms with E-state index in [1.54, 1.807) is 19.2 Å². The Morgan fingerprint density at radius 2 is 1.97 bits per heavy atom. The first-order valence-electron chi connectivity index (χ1n) is 8.22. The molecule has 152 valence electrons. The van der Waals surface area contributed by atoms with Crippen molar-refractivity contribution < 1.29 is 22.7 Å². The van der Waals surface area contributed by atoms with Crippen LogP contribution in [0.15, 0.2) is 48.7 Å². The molecule has 10 heteroatoms. The summed E-state index contributed by atoms with van der Waals surface area (Å²) in [5.41, 5.74) is -0.0493. The maximum atomic E-state index is 12.8. The largest absolute Gasteiger partial charge is 0.471 e. The Morgan fingerprint density at radius 3 is 2.66 bits per heavy atom. The van der Waals surface area contributed by atoms with Crippen LogP contribution in [0.25, 0.3) is 0 Å². The second-order valence-corrected chi connectivity index (χ2v) is 6.93. The number of nitrogens with one attached hydrogen (secondary N) is 1. The lowest BCUT2D eigenvalue weighted by Crippen LogP contribution is -2.13. The predicted molar refractivity (Wildman–Crippen MR) is 103 cm³/mol. The Labute approximate surface area is 174 Å². The van der Waals surface area contributed by atoms with Crippen molar-refractivity contribution >= 4 is 34.8 Å². The molecule has 3 rings (SSSR count). The van der Waals surface area contributed by atoms with E-state index in [0.29, 0.717) is 10.7 Å². The van der Waals surface area contributed by atoms with Gasteiger partial charge in [-0.25, -0.2) is 0 Å². The van der Waals surface area contributed by atoms with Crippen LogP contribution in [0.1, 0.15) is 21.5 Å². The summed E-state index contributed by atoms with van der Waals surface area (Å²) in [5, 5.41) is 7.34. The van der Waals surface area contributed by atoms with E-state index in [-0.39, 0.29) is 28.6 Å². The number of carbonyl (C=O) groups is 1. The molecule has 0 saturated heterocycles. The molecule has 1 aromatic heterocycles. The second kappa shape index (κ2) is 8.34. The molecule has 2 aromatic carbocycles. The average Bonchev–Trinajstić information content (AvgIpc) is 3.03. The maximum Gasteiger partial charge on any atom is 0.416 e. The standard InChI is InChI=1S/C19H14Cl2F3N3O2/c1-27-9-14(17(28)25-16-6-5-13(20)8-15(16)21)18(26-27)29-10-11-3-2-4-12(7-11)19(22,23)24/h2-9H,10H2,1H3,(H,25,28). The number of hydrogen-bond acceptors (Lipinski definition) is 3. The van der Waals surface area contributed by atoms with Crippen molar-refractivity contribution in [2.24, 2.45) is 7.05 Å². The minimum absolute atomic E-state index is 0.0208. The summed E-state index contributed by atoms with van der Waals surface area (Å²) in [6.45, 7) is -0.192. The summed E-state index contributed by atoms with van der Waals surface area (Å²) in [6.07, 6.45) is -3.02. The van der Waals surface area contributed by atoms with Crippen LogP contribution in [0.5, 0.6) is 5.88 Å². The number of nitrogens with zero attached hydrogens (tertiary/aromatic N) is 2. The van der Waals surface area contributed by atoms with E-state index >= 15 is 0 Å². The number of alkyl halides is 3. The highest BCUT2D eigenvalue weighted by atomic mass is 35.5. The summed E-state index contributed by atoms with van der Waals surface area (Å²) >= 11 is 11.9. The van der Waals surface area contributed by atoms with E-state index in [1.165, 1.54) is 29.1 Å². The summed E-state index contributed by atoms with van der Waals surface area (Å²) in [5.74, 6) is -0.561. The molecule has 3 aromatic rings. The van der Waals surface area contributed by atoms with Crippen LogP contribution in [0.2, 0.25) is 10.0 Å². The van der Waals surface area contributed by atoms with Crippen molar-refractivity contribution in [2.75, 3.05) is 5.32 Å². The number of aromatic nitrogens is 2. The second-order valence-electron chi connectivity index (χ2n) is 6.09. The fourth-order valence-corrected chi connectivity index (χ4v) is 2.96. The molecular formula is C19H14Cl2F3N3O2. The molecule has 0 aliphatic rings. The van der Waals surface area contributed by atoms with Crippen LogP contribution in [-0.2, 0) is 19.8 Å². The van der Waals surface area contributed by atoms with E-state index in [1.807, 2.05) is 0 Å². The number of halogens is 5. The summed E-state index contributed by atoms with van der Waals surface area (Å²) in [7, 11) is 1.59. The van der Waals surface area contributed by atoms with Crippen LogP contribution in [-0.4, -0.2) is 15.7 Å². The molecule has 0 saturated carbocycles. The number of anilines is 1. The third-order valence-corrected chi connectivity index (χ3v) is 4.40. The Balaban J connectivity index is 1.76. The fraction of sp³-hybridized carbons (Fsp3) is 0.158. The molecule has 0 aliphatic carbocycles. The number of hydrogen-bond donors (Lipinski definition) is 1. The zero-order valence-corrected chi connectivity index (χ0v) is 16.4. The van der Waals surface area contributed by atoms with E-state index in [2.05, 4.69) is 10.4 Å². The molecular weight excluding hydrogens is 430 g/mol. The van der Waals surface area contributed by atoms with Gasteiger partial charge in [0.1, 0.15) is 12.2 Å². The summed E-state index contributed by atoms with van der Waals surface area (Å²) in [4.78, 5) is 12.6. The molecule has 1 amide bonds. The number of benzene rings is 2. The smallest absolute Gasteiger partial charge is 0.416 e. The van der Waals surface area contributed by atoms with Crippen LogP contribution >= 0.6 is 23.2 Å². The van der Waals surface area contributed by atoms with Crippen molar-refractivity contribution in [1.82, 2.24) is 9.78 Å². The van der Waals surface area contributed by atoms with Gasteiger partial charge in [0.25, 0.3) is 5.91 Å². The van der Waals surface area contributed by atoms with E-state index in [9.17, 15) is 18.0 Å². The average molecular weight is 444 g/mol. The molecule has 5 nitrogen and oxygen atoms in total. The van der Waals surface area contributed by atoms with Crippen LogP contribution < -0.4 is 10.1 Å². The SMILES string of the molecule is Cn1cc(C(=O)Nc2ccc(Cl)cc2Cl)c(OCc2cccc(C(F)(F)F)c2)n1. The van der Waals surface area contributed by atoms with Crippen LogP contribution in [0, 0.1) is 0 Å². The van der Waals surface area contributed by atoms with Crippen LogP contribution in [0.4, 0.5) is 18.9 Å². The lowest BCUT2D eigenvalue weighted by Gasteiger charge is -2.10. The van der Waals surface area contributed by atoms with Gasteiger partial charge in [-0.05, 0) is 35.9 Å². The first-order valence-corrected chi connectivity index (χ1v) is 8.98. The highest BCUT2D eigenvalue weighted by Gasteiger charge is 2.30. The van der Waals surface area contributed by atoms with Crippen molar-refractivity contribution in [1.29, 1.82) is 0 Å². The summed E-state index contributed by atoms with van der Waals surface area (Å²) < 4.78 is 45.4. The molecule has 0 spiro atoms. The van der Waals surface area contributed by atoms with Gasteiger partial charge in [0, 0.05) is 18.3 Å². The molecule has 0 aliphatic heterocycles. The highest BCUT2D eigenvalue weighted by molar-refractivity contribution is 6.36. The minimum atomic E-state index is -4.45. The number of carbonyl (C=O) groups excluding carboxylic acids is 1. The first kappa shape index (κ1) is 21.0. The van der Waals surface area contributed by atoms with Crippen molar-refractivity contribution in [3.8, 4) is 5.88 Å². The minimum Gasteiger partial charge on any atom is -0.471 e. The van der Waals surface area contributed by atoms with Gasteiger partial charge in [-0.1, -0.05) is 35.3 Å². The van der Waals surface area contributed by atoms with Crippen molar-refractivity contribution in [2.45, 2.75) is 12.8 Å². The number of amides is 1. The third-order valence-electron chi connectivity index (χ3n) is 3.85. The molecule has 0 bridgehead atoms. The molecule has 1 heterocycles. The number of ether oxygens (including phenoxy) is 1. The van der Waals surface area contributed by atoms with Gasteiger partial charge < -0.3 is 10.1 Å².